The first kappa shape index (κ1) is 25.3. The Labute approximate surface area is 220 Å². The predicted octanol–water partition coefficient (Wildman–Crippen LogP) is 5.00. The Hall–Kier alpha value is -3.35. The first-order valence-electron chi connectivity index (χ1n) is 13.2. The Morgan fingerprint density at radius 2 is 1.65 bits per heavy atom. The van der Waals surface area contributed by atoms with Gasteiger partial charge in [0.05, 0.1) is 5.56 Å². The van der Waals surface area contributed by atoms with E-state index < -0.39 is 0 Å². The molecule has 3 aromatic carbocycles. The van der Waals surface area contributed by atoms with Crippen molar-refractivity contribution in [2.45, 2.75) is 46.0 Å². The summed E-state index contributed by atoms with van der Waals surface area (Å²) in [5.41, 5.74) is 5.99. The SMILES string of the molecule is CC(C)c1cc(C(=O)N2Cc3ccc(CN4CCN(C)CC4)cc3C2)c(O)cc1OCc1ccccc1. The van der Waals surface area contributed by atoms with Gasteiger partial charge in [0, 0.05) is 51.9 Å². The summed E-state index contributed by atoms with van der Waals surface area (Å²) >= 11 is 0. The van der Waals surface area contributed by atoms with Crippen molar-refractivity contribution in [1.82, 2.24) is 14.7 Å². The maximum atomic E-state index is 13.5. The molecule has 6 nitrogen and oxygen atoms in total. The number of fused-ring (bicyclic) bond motifs is 1. The molecule has 0 atom stereocenters. The minimum Gasteiger partial charge on any atom is -0.507 e. The lowest BCUT2D eigenvalue weighted by Crippen LogP contribution is -2.43. The number of benzene rings is 3. The molecule has 0 unspecified atom stereocenters. The summed E-state index contributed by atoms with van der Waals surface area (Å²) in [7, 11) is 2.17. The molecule has 0 saturated carbocycles. The van der Waals surface area contributed by atoms with Crippen molar-refractivity contribution in [3.8, 4) is 11.5 Å². The van der Waals surface area contributed by atoms with Crippen LogP contribution in [0.25, 0.3) is 0 Å². The van der Waals surface area contributed by atoms with Crippen molar-refractivity contribution in [2.75, 3.05) is 33.2 Å². The van der Waals surface area contributed by atoms with Gasteiger partial charge in [0.15, 0.2) is 0 Å². The minimum atomic E-state index is -0.147. The average Bonchev–Trinajstić information content (AvgIpc) is 3.32. The van der Waals surface area contributed by atoms with Crippen LogP contribution in [0.1, 0.15) is 57.9 Å². The van der Waals surface area contributed by atoms with Gasteiger partial charge in [-0.25, -0.2) is 0 Å². The Balaban J connectivity index is 1.29. The second-order valence-corrected chi connectivity index (χ2v) is 10.7. The number of nitrogens with zero attached hydrogens (tertiary/aromatic N) is 3. The quantitative estimate of drug-likeness (QED) is 0.496. The van der Waals surface area contributed by atoms with Crippen LogP contribution in [0.4, 0.5) is 0 Å². The van der Waals surface area contributed by atoms with Crippen molar-refractivity contribution in [2.24, 2.45) is 0 Å². The number of carbonyl (C=O) groups excluding carboxylic acids is 1. The van der Waals surface area contributed by atoms with Crippen LogP contribution in [0, 0.1) is 0 Å². The molecule has 1 saturated heterocycles. The van der Waals surface area contributed by atoms with Crippen LogP contribution >= 0.6 is 0 Å². The highest BCUT2D eigenvalue weighted by molar-refractivity contribution is 5.97. The van der Waals surface area contributed by atoms with Crippen molar-refractivity contribution < 1.29 is 14.6 Å². The summed E-state index contributed by atoms with van der Waals surface area (Å²) in [6.07, 6.45) is 0. The van der Waals surface area contributed by atoms with Crippen LogP contribution in [-0.2, 0) is 26.2 Å². The van der Waals surface area contributed by atoms with Gasteiger partial charge in [-0.3, -0.25) is 9.69 Å². The normalized spacial score (nSPS) is 16.3. The largest absolute Gasteiger partial charge is 0.507 e. The molecule has 194 valence electrons. The van der Waals surface area contributed by atoms with Gasteiger partial charge in [0.25, 0.3) is 5.91 Å². The number of hydrogen-bond donors (Lipinski definition) is 1. The van der Waals surface area contributed by atoms with Crippen LogP contribution < -0.4 is 4.74 Å². The fourth-order valence-electron chi connectivity index (χ4n) is 5.19. The van der Waals surface area contributed by atoms with E-state index in [9.17, 15) is 9.90 Å². The van der Waals surface area contributed by atoms with Gasteiger partial charge in [-0.2, -0.15) is 0 Å². The Kier molecular flexibility index (Phi) is 7.49. The van der Waals surface area contributed by atoms with Crippen molar-refractivity contribution in [1.29, 1.82) is 0 Å². The van der Waals surface area contributed by atoms with Gasteiger partial charge >= 0.3 is 0 Å². The van der Waals surface area contributed by atoms with Gasteiger partial charge in [0.2, 0.25) is 0 Å². The molecule has 2 aliphatic rings. The topological polar surface area (TPSA) is 56.3 Å². The van der Waals surface area contributed by atoms with Crippen molar-refractivity contribution in [3.05, 3.63) is 94.0 Å². The zero-order valence-electron chi connectivity index (χ0n) is 22.1. The maximum Gasteiger partial charge on any atom is 0.258 e. The molecule has 0 spiro atoms. The fraction of sp³-hybridized carbons (Fsp3) is 0.387. The molecular weight excluding hydrogens is 462 g/mol. The number of carbonyl (C=O) groups is 1. The molecule has 2 aliphatic heterocycles. The number of likely N-dealkylation sites (N-methyl/N-ethyl adjacent to an activating group) is 1. The molecule has 0 bridgehead atoms. The van der Waals surface area contributed by atoms with Crippen LogP contribution in [0.3, 0.4) is 0 Å². The van der Waals surface area contributed by atoms with Crippen LogP contribution in [-0.4, -0.2) is 58.9 Å². The average molecular weight is 500 g/mol. The van der Waals surface area contributed by atoms with E-state index in [4.69, 9.17) is 4.74 Å². The monoisotopic (exact) mass is 499 g/mol. The van der Waals surface area contributed by atoms with E-state index in [1.807, 2.05) is 41.3 Å². The van der Waals surface area contributed by atoms with E-state index in [1.54, 1.807) is 6.07 Å². The molecule has 2 heterocycles. The standard InChI is InChI=1S/C31H37N3O3/c1-22(2)27-16-28(29(35)17-30(27)37-21-23-7-5-4-6-8-23)31(36)34-19-25-10-9-24(15-26(25)20-34)18-33-13-11-32(3)12-14-33/h4-10,15-17,22,35H,11-14,18-21H2,1-3H3. The summed E-state index contributed by atoms with van der Waals surface area (Å²) in [6.45, 7) is 11.0. The molecule has 6 heteroatoms. The van der Waals surface area contributed by atoms with Crippen molar-refractivity contribution in [3.63, 3.8) is 0 Å². The third kappa shape index (κ3) is 5.81. The molecule has 5 rings (SSSR count). The highest BCUT2D eigenvalue weighted by atomic mass is 16.5. The van der Waals surface area contributed by atoms with Gasteiger partial charge < -0.3 is 19.6 Å². The molecule has 1 amide bonds. The summed E-state index contributed by atoms with van der Waals surface area (Å²) in [4.78, 5) is 20.2. The summed E-state index contributed by atoms with van der Waals surface area (Å²) in [5, 5.41) is 10.9. The van der Waals surface area contributed by atoms with E-state index >= 15 is 0 Å². The van der Waals surface area contributed by atoms with Gasteiger partial charge in [-0.15, -0.1) is 0 Å². The number of ether oxygens (including phenoxy) is 1. The Morgan fingerprint density at radius 1 is 0.919 bits per heavy atom. The van der Waals surface area contributed by atoms with Crippen molar-refractivity contribution >= 4 is 5.91 Å². The minimum absolute atomic E-state index is 0.0378. The number of amides is 1. The fourth-order valence-corrected chi connectivity index (χ4v) is 5.19. The summed E-state index contributed by atoms with van der Waals surface area (Å²) in [6, 6.07) is 20.0. The molecule has 37 heavy (non-hydrogen) atoms. The molecule has 0 aromatic heterocycles. The highest BCUT2D eigenvalue weighted by Crippen LogP contribution is 2.36. The lowest BCUT2D eigenvalue weighted by atomic mass is 9.98. The first-order valence-corrected chi connectivity index (χ1v) is 13.2. The number of hydrogen-bond acceptors (Lipinski definition) is 5. The highest BCUT2D eigenvalue weighted by Gasteiger charge is 2.28. The summed E-state index contributed by atoms with van der Waals surface area (Å²) in [5.74, 6) is 0.576. The number of aromatic hydroxyl groups is 1. The maximum absolute atomic E-state index is 13.5. The predicted molar refractivity (Wildman–Crippen MR) is 146 cm³/mol. The van der Waals surface area contributed by atoms with E-state index in [0.29, 0.717) is 31.0 Å². The zero-order chi connectivity index (χ0) is 25.9. The molecular formula is C31H37N3O3. The third-order valence-electron chi connectivity index (χ3n) is 7.50. The Bertz CT molecular complexity index is 1250. The van der Waals surface area contributed by atoms with Gasteiger partial charge in [-0.1, -0.05) is 62.4 Å². The van der Waals surface area contributed by atoms with Gasteiger partial charge in [0.1, 0.15) is 18.1 Å². The van der Waals surface area contributed by atoms with E-state index in [2.05, 4.69) is 48.9 Å². The number of rotatable bonds is 7. The third-order valence-corrected chi connectivity index (χ3v) is 7.50. The molecule has 1 N–H and O–H groups in total. The second kappa shape index (κ2) is 11.0. The lowest BCUT2D eigenvalue weighted by Gasteiger charge is -2.32. The Morgan fingerprint density at radius 3 is 2.38 bits per heavy atom. The first-order chi connectivity index (χ1) is 17.9. The van der Waals surface area contributed by atoms with Crippen LogP contribution in [0.15, 0.2) is 60.7 Å². The van der Waals surface area contributed by atoms with Gasteiger partial charge in [-0.05, 0) is 46.8 Å². The summed E-state index contributed by atoms with van der Waals surface area (Å²) < 4.78 is 6.07. The molecule has 0 radical (unpaired) electrons. The van der Waals surface area contributed by atoms with E-state index in [0.717, 1.165) is 43.9 Å². The zero-order valence-corrected chi connectivity index (χ0v) is 22.1. The second-order valence-electron chi connectivity index (χ2n) is 10.7. The molecule has 3 aromatic rings. The lowest BCUT2D eigenvalue weighted by molar-refractivity contribution is 0.0748. The number of piperazine rings is 1. The molecule has 0 aliphatic carbocycles. The number of phenolic OH excluding ortho intramolecular Hbond substituents is 1. The molecule has 1 fully saturated rings. The van der Waals surface area contributed by atoms with E-state index in [1.165, 1.54) is 16.7 Å². The smallest absolute Gasteiger partial charge is 0.258 e. The van der Waals surface area contributed by atoms with E-state index in [-0.39, 0.29) is 17.6 Å². The number of phenols is 1. The van der Waals surface area contributed by atoms with Crippen LogP contribution in [0.2, 0.25) is 0 Å². The van der Waals surface area contributed by atoms with Crippen LogP contribution in [0.5, 0.6) is 11.5 Å².